The zero-order valence-corrected chi connectivity index (χ0v) is 15.6. The summed E-state index contributed by atoms with van der Waals surface area (Å²) in [5.74, 6) is -0.743. The van der Waals surface area contributed by atoms with Gasteiger partial charge >= 0.3 is 5.69 Å². The molecule has 9 nitrogen and oxygen atoms in total. The Bertz CT molecular complexity index is 1100. The SMILES string of the molecule is CN(C)C(=O)c1ccc(NC(=O)Cn2c(=O)c(C#N)c3n(c2=O)CCC3)cc1. The van der Waals surface area contributed by atoms with Crippen LogP contribution in [0, 0.1) is 11.3 Å². The molecule has 3 rings (SSSR count). The van der Waals surface area contributed by atoms with Gasteiger partial charge in [0.15, 0.2) is 0 Å². The molecule has 0 fully saturated rings. The van der Waals surface area contributed by atoms with Gasteiger partial charge in [-0.1, -0.05) is 0 Å². The van der Waals surface area contributed by atoms with Gasteiger partial charge in [0.25, 0.3) is 11.5 Å². The van der Waals surface area contributed by atoms with Crippen LogP contribution in [0.25, 0.3) is 0 Å². The Labute approximate surface area is 160 Å². The van der Waals surface area contributed by atoms with Gasteiger partial charge in [-0.25, -0.2) is 9.36 Å². The first-order valence-corrected chi connectivity index (χ1v) is 8.71. The second-order valence-corrected chi connectivity index (χ2v) is 6.69. The molecule has 0 atom stereocenters. The summed E-state index contributed by atoms with van der Waals surface area (Å²) in [5.41, 5.74) is -0.0852. The summed E-state index contributed by atoms with van der Waals surface area (Å²) in [6.45, 7) is -0.0723. The van der Waals surface area contributed by atoms with Crippen LogP contribution >= 0.6 is 0 Å². The lowest BCUT2D eigenvalue weighted by atomic mass is 10.2. The molecule has 0 aliphatic carbocycles. The molecule has 1 aromatic heterocycles. The summed E-state index contributed by atoms with van der Waals surface area (Å²) in [4.78, 5) is 50.6. The summed E-state index contributed by atoms with van der Waals surface area (Å²) in [5, 5.41) is 11.9. The van der Waals surface area contributed by atoms with Crippen LogP contribution in [0.5, 0.6) is 0 Å². The molecule has 1 aliphatic rings. The van der Waals surface area contributed by atoms with Crippen molar-refractivity contribution in [3.05, 3.63) is 61.9 Å². The lowest BCUT2D eigenvalue weighted by Gasteiger charge is -2.12. The molecule has 0 unspecified atom stereocenters. The Balaban J connectivity index is 1.81. The van der Waals surface area contributed by atoms with E-state index in [2.05, 4.69) is 5.32 Å². The topological polar surface area (TPSA) is 117 Å². The molecule has 9 heteroatoms. The van der Waals surface area contributed by atoms with E-state index in [1.54, 1.807) is 38.4 Å². The maximum atomic E-state index is 12.5. The number of nitrogens with one attached hydrogen (secondary N) is 1. The van der Waals surface area contributed by atoms with Gasteiger partial charge in [0.05, 0.1) is 0 Å². The normalized spacial score (nSPS) is 12.2. The number of amides is 2. The molecule has 2 aromatic rings. The van der Waals surface area contributed by atoms with Gasteiger partial charge in [0.1, 0.15) is 18.2 Å². The number of hydrogen-bond acceptors (Lipinski definition) is 5. The number of nitriles is 1. The van der Waals surface area contributed by atoms with Gasteiger partial charge in [0, 0.05) is 37.6 Å². The number of rotatable bonds is 4. The van der Waals surface area contributed by atoms with Gasteiger partial charge in [-0.15, -0.1) is 0 Å². The number of carbonyl (C=O) groups excluding carboxylic acids is 2. The number of hydrogen-bond donors (Lipinski definition) is 1. The molecule has 1 aliphatic heterocycles. The lowest BCUT2D eigenvalue weighted by molar-refractivity contribution is -0.116. The van der Waals surface area contributed by atoms with Crippen molar-refractivity contribution < 1.29 is 9.59 Å². The third-order valence-electron chi connectivity index (χ3n) is 4.57. The predicted octanol–water partition coefficient (Wildman–Crippen LogP) is 0.168. The summed E-state index contributed by atoms with van der Waals surface area (Å²) in [6.07, 6.45) is 1.18. The predicted molar refractivity (Wildman–Crippen MR) is 101 cm³/mol. The van der Waals surface area contributed by atoms with Crippen molar-refractivity contribution in [3.8, 4) is 6.07 Å². The van der Waals surface area contributed by atoms with E-state index < -0.39 is 23.7 Å². The first-order valence-electron chi connectivity index (χ1n) is 8.71. The van der Waals surface area contributed by atoms with Crippen LogP contribution in [-0.4, -0.2) is 39.9 Å². The number of fused-ring (bicyclic) bond motifs is 1. The Morgan fingerprint density at radius 1 is 1.21 bits per heavy atom. The number of carbonyl (C=O) groups is 2. The molecule has 0 bridgehead atoms. The van der Waals surface area contributed by atoms with Gasteiger partial charge in [-0.2, -0.15) is 5.26 Å². The van der Waals surface area contributed by atoms with Crippen LogP contribution in [0.4, 0.5) is 5.69 Å². The maximum Gasteiger partial charge on any atom is 0.331 e. The fourth-order valence-electron chi connectivity index (χ4n) is 3.19. The molecular formula is C19H19N5O4. The van der Waals surface area contributed by atoms with E-state index in [0.29, 0.717) is 36.3 Å². The number of anilines is 1. The molecule has 0 saturated carbocycles. The first-order chi connectivity index (χ1) is 13.3. The van der Waals surface area contributed by atoms with Crippen LogP contribution in [0.15, 0.2) is 33.9 Å². The van der Waals surface area contributed by atoms with Crippen LogP contribution in [0.1, 0.15) is 28.0 Å². The average Bonchev–Trinajstić information content (AvgIpc) is 3.15. The monoisotopic (exact) mass is 381 g/mol. The summed E-state index contributed by atoms with van der Waals surface area (Å²) >= 11 is 0. The van der Waals surface area contributed by atoms with Crippen molar-refractivity contribution in [1.29, 1.82) is 5.26 Å². The van der Waals surface area contributed by atoms with E-state index in [9.17, 15) is 24.4 Å². The van der Waals surface area contributed by atoms with Crippen molar-refractivity contribution in [2.75, 3.05) is 19.4 Å². The lowest BCUT2D eigenvalue weighted by Crippen LogP contribution is -2.44. The Morgan fingerprint density at radius 2 is 1.89 bits per heavy atom. The summed E-state index contributed by atoms with van der Waals surface area (Å²) in [7, 11) is 3.28. The zero-order valence-electron chi connectivity index (χ0n) is 15.6. The molecule has 28 heavy (non-hydrogen) atoms. The van der Waals surface area contributed by atoms with Gasteiger partial charge < -0.3 is 10.2 Å². The molecule has 144 valence electrons. The zero-order chi connectivity index (χ0) is 20.4. The molecule has 0 radical (unpaired) electrons. The first kappa shape index (κ1) is 19.1. The molecule has 2 amide bonds. The van der Waals surface area contributed by atoms with Gasteiger partial charge in [-0.05, 0) is 37.1 Å². The highest BCUT2D eigenvalue weighted by atomic mass is 16.2. The molecule has 1 N–H and O–H groups in total. The van der Waals surface area contributed by atoms with Crippen molar-refractivity contribution in [2.24, 2.45) is 0 Å². The fourth-order valence-corrected chi connectivity index (χ4v) is 3.19. The van der Waals surface area contributed by atoms with E-state index >= 15 is 0 Å². The Hall–Kier alpha value is -3.67. The minimum Gasteiger partial charge on any atom is -0.345 e. The van der Waals surface area contributed by atoms with Crippen molar-refractivity contribution in [2.45, 2.75) is 25.9 Å². The van der Waals surface area contributed by atoms with Crippen molar-refractivity contribution in [1.82, 2.24) is 14.0 Å². The van der Waals surface area contributed by atoms with Crippen LogP contribution in [0.3, 0.4) is 0 Å². The summed E-state index contributed by atoms with van der Waals surface area (Å²) < 4.78 is 2.17. The van der Waals surface area contributed by atoms with Crippen LogP contribution in [-0.2, 0) is 24.3 Å². The van der Waals surface area contributed by atoms with E-state index in [4.69, 9.17) is 0 Å². The number of aromatic nitrogens is 2. The van der Waals surface area contributed by atoms with Crippen LogP contribution in [0.2, 0.25) is 0 Å². The highest BCUT2D eigenvalue weighted by Gasteiger charge is 2.23. The molecule has 2 heterocycles. The third-order valence-corrected chi connectivity index (χ3v) is 4.57. The smallest absolute Gasteiger partial charge is 0.331 e. The maximum absolute atomic E-state index is 12.5. The second kappa shape index (κ2) is 7.52. The average molecular weight is 381 g/mol. The van der Waals surface area contributed by atoms with E-state index in [-0.39, 0.29) is 11.5 Å². The van der Waals surface area contributed by atoms with Gasteiger partial charge in [-0.3, -0.25) is 19.0 Å². The van der Waals surface area contributed by atoms with Crippen molar-refractivity contribution in [3.63, 3.8) is 0 Å². The second-order valence-electron chi connectivity index (χ2n) is 6.69. The molecule has 0 saturated heterocycles. The minimum atomic E-state index is -0.747. The molecule has 0 spiro atoms. The molecule has 1 aromatic carbocycles. The number of nitrogens with zero attached hydrogens (tertiary/aromatic N) is 4. The van der Waals surface area contributed by atoms with Crippen LogP contribution < -0.4 is 16.6 Å². The van der Waals surface area contributed by atoms with E-state index in [0.717, 1.165) is 4.57 Å². The third kappa shape index (κ3) is 3.44. The largest absolute Gasteiger partial charge is 0.345 e. The van der Waals surface area contributed by atoms with E-state index in [1.807, 2.05) is 6.07 Å². The standard InChI is InChI=1S/C19H19N5O4/c1-22(2)17(26)12-5-7-13(8-6-12)21-16(25)11-24-18(27)14(10-20)15-4-3-9-23(15)19(24)28/h5-8H,3-4,9,11H2,1-2H3,(H,21,25). The Kier molecular flexibility index (Phi) is 5.13. The van der Waals surface area contributed by atoms with E-state index in [1.165, 1.54) is 9.47 Å². The molecular weight excluding hydrogens is 362 g/mol. The highest BCUT2D eigenvalue weighted by molar-refractivity contribution is 5.95. The highest BCUT2D eigenvalue weighted by Crippen LogP contribution is 2.13. The number of benzene rings is 1. The van der Waals surface area contributed by atoms with Crippen molar-refractivity contribution >= 4 is 17.5 Å². The Morgan fingerprint density at radius 3 is 2.50 bits per heavy atom. The fraction of sp³-hybridized carbons (Fsp3) is 0.316. The van der Waals surface area contributed by atoms with Gasteiger partial charge in [0.2, 0.25) is 5.91 Å². The summed E-state index contributed by atoms with van der Waals surface area (Å²) in [6, 6.07) is 8.12. The minimum absolute atomic E-state index is 0.0866. The quantitative estimate of drug-likeness (QED) is 0.810.